The first-order valence-corrected chi connectivity index (χ1v) is 5.15. The minimum Gasteiger partial charge on any atom is -0.265 e. The van der Waals surface area contributed by atoms with Crippen molar-refractivity contribution in [3.8, 4) is 6.07 Å². The molecule has 0 aromatic carbocycles. The zero-order chi connectivity index (χ0) is 10.5. The standard InChI is InChI=1S/C11H7N3S/c12-8-9-2-1-5-14-11(9)15-10-3-6-13-7-4-10/h1-7H. The van der Waals surface area contributed by atoms with Crippen molar-refractivity contribution in [2.45, 2.75) is 9.92 Å². The van der Waals surface area contributed by atoms with Crippen molar-refractivity contribution in [1.82, 2.24) is 9.97 Å². The predicted octanol–water partition coefficient (Wildman–Crippen LogP) is 2.50. The molecule has 15 heavy (non-hydrogen) atoms. The molecule has 0 N–H and O–H groups in total. The number of hydrogen-bond donors (Lipinski definition) is 0. The molecule has 0 aliphatic carbocycles. The Morgan fingerprint density at radius 1 is 1.13 bits per heavy atom. The molecule has 2 aromatic heterocycles. The lowest BCUT2D eigenvalue weighted by Crippen LogP contribution is -1.85. The van der Waals surface area contributed by atoms with Gasteiger partial charge in [-0.3, -0.25) is 4.98 Å². The Hall–Kier alpha value is -1.86. The summed E-state index contributed by atoms with van der Waals surface area (Å²) in [5.74, 6) is 0. The van der Waals surface area contributed by atoms with Gasteiger partial charge in [0, 0.05) is 23.5 Å². The van der Waals surface area contributed by atoms with Gasteiger partial charge >= 0.3 is 0 Å². The summed E-state index contributed by atoms with van der Waals surface area (Å²) in [4.78, 5) is 9.12. The van der Waals surface area contributed by atoms with Gasteiger partial charge in [0.15, 0.2) is 0 Å². The summed E-state index contributed by atoms with van der Waals surface area (Å²) >= 11 is 1.47. The molecule has 0 atom stereocenters. The van der Waals surface area contributed by atoms with Gasteiger partial charge in [-0.1, -0.05) is 11.8 Å². The third-order valence-electron chi connectivity index (χ3n) is 1.76. The molecule has 0 saturated heterocycles. The van der Waals surface area contributed by atoms with Gasteiger partial charge in [-0.2, -0.15) is 5.26 Å². The molecule has 4 heteroatoms. The fourth-order valence-corrected chi connectivity index (χ4v) is 1.89. The highest BCUT2D eigenvalue weighted by Crippen LogP contribution is 2.27. The quantitative estimate of drug-likeness (QED) is 0.769. The molecule has 0 radical (unpaired) electrons. The molecule has 0 aliphatic heterocycles. The van der Waals surface area contributed by atoms with Crippen LogP contribution in [0.25, 0.3) is 0 Å². The molecule has 2 aromatic rings. The number of nitrogens with zero attached hydrogens (tertiary/aromatic N) is 3. The van der Waals surface area contributed by atoms with Gasteiger partial charge in [0.25, 0.3) is 0 Å². The largest absolute Gasteiger partial charge is 0.265 e. The van der Waals surface area contributed by atoms with Crippen molar-refractivity contribution in [3.05, 3.63) is 48.4 Å². The Bertz CT molecular complexity index is 491. The molecule has 0 unspecified atom stereocenters. The second kappa shape index (κ2) is 4.58. The number of nitriles is 1. The van der Waals surface area contributed by atoms with Gasteiger partial charge in [0.05, 0.1) is 5.56 Å². The van der Waals surface area contributed by atoms with E-state index in [9.17, 15) is 0 Å². The van der Waals surface area contributed by atoms with Crippen molar-refractivity contribution in [1.29, 1.82) is 5.26 Å². The van der Waals surface area contributed by atoms with Crippen molar-refractivity contribution in [2.24, 2.45) is 0 Å². The Balaban J connectivity index is 2.29. The van der Waals surface area contributed by atoms with E-state index in [0.29, 0.717) is 5.56 Å². The smallest absolute Gasteiger partial charge is 0.119 e. The topological polar surface area (TPSA) is 49.6 Å². The maximum absolute atomic E-state index is 8.88. The first kappa shape index (κ1) is 9.69. The Kier molecular flexibility index (Phi) is 2.96. The van der Waals surface area contributed by atoms with Crippen LogP contribution in [0.2, 0.25) is 0 Å². The van der Waals surface area contributed by atoms with Crippen LogP contribution in [0, 0.1) is 11.3 Å². The zero-order valence-corrected chi connectivity index (χ0v) is 8.61. The first-order chi connectivity index (χ1) is 7.40. The van der Waals surface area contributed by atoms with Crippen LogP contribution in [0.1, 0.15) is 5.56 Å². The van der Waals surface area contributed by atoms with E-state index in [4.69, 9.17) is 5.26 Å². The summed E-state index contributed by atoms with van der Waals surface area (Å²) in [7, 11) is 0. The highest BCUT2D eigenvalue weighted by molar-refractivity contribution is 7.99. The fourth-order valence-electron chi connectivity index (χ4n) is 1.08. The van der Waals surface area contributed by atoms with Crippen LogP contribution >= 0.6 is 11.8 Å². The third kappa shape index (κ3) is 2.33. The highest BCUT2D eigenvalue weighted by atomic mass is 32.2. The van der Waals surface area contributed by atoms with E-state index in [1.165, 1.54) is 11.8 Å². The Morgan fingerprint density at radius 3 is 2.67 bits per heavy atom. The summed E-state index contributed by atoms with van der Waals surface area (Å²) in [5.41, 5.74) is 0.597. The molecule has 0 amide bonds. The average molecular weight is 213 g/mol. The maximum Gasteiger partial charge on any atom is 0.119 e. The van der Waals surface area contributed by atoms with E-state index in [0.717, 1.165) is 9.92 Å². The van der Waals surface area contributed by atoms with Crippen molar-refractivity contribution in [3.63, 3.8) is 0 Å². The third-order valence-corrected chi connectivity index (χ3v) is 2.78. The number of hydrogen-bond acceptors (Lipinski definition) is 4. The molecule has 0 saturated carbocycles. The molecule has 0 fully saturated rings. The Morgan fingerprint density at radius 2 is 1.93 bits per heavy atom. The molecule has 0 bridgehead atoms. The number of aromatic nitrogens is 2. The molecular formula is C11H7N3S. The molecule has 2 rings (SSSR count). The van der Waals surface area contributed by atoms with Gasteiger partial charge in [-0.15, -0.1) is 0 Å². The zero-order valence-electron chi connectivity index (χ0n) is 7.79. The lowest BCUT2D eigenvalue weighted by atomic mass is 10.3. The summed E-state index contributed by atoms with van der Waals surface area (Å²) in [5, 5.41) is 9.61. The molecule has 72 valence electrons. The van der Waals surface area contributed by atoms with E-state index in [-0.39, 0.29) is 0 Å². The van der Waals surface area contributed by atoms with Crippen LogP contribution in [0.3, 0.4) is 0 Å². The number of rotatable bonds is 2. The van der Waals surface area contributed by atoms with Gasteiger partial charge in [0.1, 0.15) is 11.1 Å². The summed E-state index contributed by atoms with van der Waals surface area (Å²) in [6, 6.07) is 9.42. The van der Waals surface area contributed by atoms with E-state index in [1.807, 2.05) is 12.1 Å². The van der Waals surface area contributed by atoms with Crippen LogP contribution < -0.4 is 0 Å². The normalized spacial score (nSPS) is 9.53. The predicted molar refractivity (Wildman–Crippen MR) is 57.3 cm³/mol. The van der Waals surface area contributed by atoms with Crippen LogP contribution in [-0.4, -0.2) is 9.97 Å². The molecular weight excluding hydrogens is 206 g/mol. The van der Waals surface area contributed by atoms with Crippen molar-refractivity contribution >= 4 is 11.8 Å². The lowest BCUT2D eigenvalue weighted by Gasteiger charge is -2.01. The fraction of sp³-hybridized carbons (Fsp3) is 0. The van der Waals surface area contributed by atoms with Crippen LogP contribution in [0.5, 0.6) is 0 Å². The van der Waals surface area contributed by atoms with Gasteiger partial charge in [-0.25, -0.2) is 4.98 Å². The monoisotopic (exact) mass is 213 g/mol. The molecule has 2 heterocycles. The van der Waals surface area contributed by atoms with E-state index < -0.39 is 0 Å². The van der Waals surface area contributed by atoms with Crippen LogP contribution in [-0.2, 0) is 0 Å². The highest BCUT2D eigenvalue weighted by Gasteiger charge is 2.03. The minimum atomic E-state index is 0.597. The Labute approximate surface area is 91.8 Å². The van der Waals surface area contributed by atoms with E-state index in [1.54, 1.807) is 30.7 Å². The van der Waals surface area contributed by atoms with Crippen LogP contribution in [0.4, 0.5) is 0 Å². The van der Waals surface area contributed by atoms with Gasteiger partial charge in [0.2, 0.25) is 0 Å². The molecule has 0 aliphatic rings. The number of pyridine rings is 2. The summed E-state index contributed by atoms with van der Waals surface area (Å²) in [6.07, 6.45) is 5.12. The van der Waals surface area contributed by atoms with E-state index in [2.05, 4.69) is 16.0 Å². The second-order valence-electron chi connectivity index (χ2n) is 2.75. The second-order valence-corrected chi connectivity index (χ2v) is 3.82. The summed E-state index contributed by atoms with van der Waals surface area (Å²) in [6.45, 7) is 0. The molecule has 3 nitrogen and oxygen atoms in total. The van der Waals surface area contributed by atoms with Crippen molar-refractivity contribution < 1.29 is 0 Å². The average Bonchev–Trinajstić information content (AvgIpc) is 2.31. The van der Waals surface area contributed by atoms with Gasteiger partial charge in [-0.05, 0) is 24.3 Å². The molecule has 0 spiro atoms. The van der Waals surface area contributed by atoms with E-state index >= 15 is 0 Å². The lowest BCUT2D eigenvalue weighted by molar-refractivity contribution is 1.11. The van der Waals surface area contributed by atoms with Crippen molar-refractivity contribution in [2.75, 3.05) is 0 Å². The maximum atomic E-state index is 8.88. The van der Waals surface area contributed by atoms with Crippen LogP contribution in [0.15, 0.2) is 52.8 Å². The minimum absolute atomic E-state index is 0.597. The van der Waals surface area contributed by atoms with Gasteiger partial charge < -0.3 is 0 Å². The summed E-state index contributed by atoms with van der Waals surface area (Å²) < 4.78 is 0. The first-order valence-electron chi connectivity index (χ1n) is 4.33. The SMILES string of the molecule is N#Cc1cccnc1Sc1ccncc1.